The van der Waals surface area contributed by atoms with E-state index in [-0.39, 0.29) is 19.0 Å². The van der Waals surface area contributed by atoms with Crippen molar-refractivity contribution < 1.29 is 9.59 Å². The summed E-state index contributed by atoms with van der Waals surface area (Å²) in [6.07, 6.45) is 1.55. The molecule has 1 fully saturated rings. The molecule has 1 atom stereocenters. The second-order valence-corrected chi connectivity index (χ2v) is 3.23. The molecule has 1 saturated heterocycles. The lowest BCUT2D eigenvalue weighted by Gasteiger charge is -2.22. The third kappa shape index (κ3) is 1.72. The summed E-state index contributed by atoms with van der Waals surface area (Å²) >= 11 is 0. The van der Waals surface area contributed by atoms with E-state index >= 15 is 0 Å². The number of urea groups is 1. The van der Waals surface area contributed by atoms with E-state index in [1.807, 2.05) is 0 Å². The Kier molecular flexibility index (Phi) is 3.46. The molecular weight excluding hydrogens is 232 g/mol. The minimum absolute atomic E-state index is 0. The molecule has 2 heterocycles. The molecule has 0 saturated carbocycles. The highest BCUT2D eigenvalue weighted by Crippen LogP contribution is 2.21. The van der Waals surface area contributed by atoms with Gasteiger partial charge in [0.05, 0.1) is 5.69 Å². The Morgan fingerprint density at radius 3 is 2.56 bits per heavy atom. The number of nitrogens with one attached hydrogen (secondary N) is 2. The molecular formula is C9H11ClN4O2. The number of carbonyl (C=O) groups excluding carboxylic acids is 2. The fourth-order valence-electron chi connectivity index (χ4n) is 1.54. The summed E-state index contributed by atoms with van der Waals surface area (Å²) < 4.78 is 0. The van der Waals surface area contributed by atoms with Crippen molar-refractivity contribution in [3.63, 3.8) is 0 Å². The fourth-order valence-corrected chi connectivity index (χ4v) is 1.54. The van der Waals surface area contributed by atoms with Gasteiger partial charge in [-0.1, -0.05) is 6.07 Å². The number of nitrogens with two attached hydrogens (primary N) is 1. The van der Waals surface area contributed by atoms with Crippen LogP contribution in [-0.2, 0) is 10.3 Å². The summed E-state index contributed by atoms with van der Waals surface area (Å²) in [7, 11) is 0. The van der Waals surface area contributed by atoms with Crippen LogP contribution in [-0.4, -0.2) is 23.5 Å². The first-order valence-corrected chi connectivity index (χ1v) is 4.44. The van der Waals surface area contributed by atoms with Crippen molar-refractivity contribution in [3.05, 3.63) is 30.1 Å². The third-order valence-corrected chi connectivity index (χ3v) is 2.35. The summed E-state index contributed by atoms with van der Waals surface area (Å²) in [5.41, 5.74) is 4.75. The molecule has 0 unspecified atom stereocenters. The molecule has 7 heteroatoms. The van der Waals surface area contributed by atoms with Gasteiger partial charge >= 0.3 is 6.03 Å². The predicted molar refractivity (Wildman–Crippen MR) is 58.9 cm³/mol. The van der Waals surface area contributed by atoms with Crippen LogP contribution in [0.2, 0.25) is 0 Å². The van der Waals surface area contributed by atoms with Crippen LogP contribution < -0.4 is 16.4 Å². The Morgan fingerprint density at radius 2 is 2.12 bits per heavy atom. The quantitative estimate of drug-likeness (QED) is 0.609. The van der Waals surface area contributed by atoms with Crippen molar-refractivity contribution in [2.45, 2.75) is 5.54 Å². The van der Waals surface area contributed by atoms with Gasteiger partial charge < -0.3 is 11.1 Å². The van der Waals surface area contributed by atoms with E-state index < -0.39 is 17.5 Å². The second kappa shape index (κ2) is 4.46. The molecule has 0 aliphatic carbocycles. The lowest BCUT2D eigenvalue weighted by atomic mass is 9.95. The van der Waals surface area contributed by atoms with Crippen LogP contribution in [0.1, 0.15) is 5.69 Å². The molecule has 3 amide bonds. The molecule has 1 aliphatic rings. The molecule has 86 valence electrons. The minimum Gasteiger partial charge on any atom is -0.327 e. The molecule has 1 aromatic rings. The van der Waals surface area contributed by atoms with Gasteiger partial charge in [0, 0.05) is 12.7 Å². The first kappa shape index (κ1) is 12.4. The zero-order valence-electron chi connectivity index (χ0n) is 8.27. The van der Waals surface area contributed by atoms with Crippen LogP contribution >= 0.6 is 12.4 Å². The Labute approximate surface area is 98.0 Å². The van der Waals surface area contributed by atoms with Gasteiger partial charge in [-0.2, -0.15) is 0 Å². The average molecular weight is 243 g/mol. The number of pyridine rings is 1. The summed E-state index contributed by atoms with van der Waals surface area (Å²) in [6.45, 7) is -0.0262. The summed E-state index contributed by atoms with van der Waals surface area (Å²) in [6, 6.07) is 4.56. The van der Waals surface area contributed by atoms with E-state index in [2.05, 4.69) is 15.6 Å². The third-order valence-electron chi connectivity index (χ3n) is 2.35. The van der Waals surface area contributed by atoms with E-state index in [0.717, 1.165) is 0 Å². The van der Waals surface area contributed by atoms with Crippen molar-refractivity contribution in [1.29, 1.82) is 0 Å². The lowest BCUT2D eigenvalue weighted by molar-refractivity contribution is -0.124. The number of hydrogen-bond acceptors (Lipinski definition) is 4. The van der Waals surface area contributed by atoms with Crippen molar-refractivity contribution in [2.24, 2.45) is 5.73 Å². The molecule has 1 aliphatic heterocycles. The predicted octanol–water partition coefficient (Wildman–Crippen LogP) is -0.503. The first-order chi connectivity index (χ1) is 7.19. The minimum atomic E-state index is -1.22. The molecule has 0 bridgehead atoms. The number of rotatable bonds is 2. The van der Waals surface area contributed by atoms with Crippen LogP contribution in [0.5, 0.6) is 0 Å². The molecule has 1 aromatic heterocycles. The van der Waals surface area contributed by atoms with Crippen LogP contribution in [0.15, 0.2) is 24.4 Å². The average Bonchev–Trinajstić information content (AvgIpc) is 2.56. The monoisotopic (exact) mass is 242 g/mol. The smallest absolute Gasteiger partial charge is 0.322 e. The topological polar surface area (TPSA) is 97.1 Å². The lowest BCUT2D eigenvalue weighted by Crippen LogP contribution is -2.50. The zero-order valence-corrected chi connectivity index (χ0v) is 9.08. The van der Waals surface area contributed by atoms with E-state index in [0.29, 0.717) is 5.69 Å². The largest absolute Gasteiger partial charge is 0.327 e. The molecule has 2 rings (SSSR count). The maximum absolute atomic E-state index is 11.6. The Hall–Kier alpha value is -1.66. The van der Waals surface area contributed by atoms with Gasteiger partial charge in [-0.3, -0.25) is 15.1 Å². The van der Waals surface area contributed by atoms with Crippen molar-refractivity contribution >= 4 is 24.3 Å². The summed E-state index contributed by atoms with van der Waals surface area (Å²) in [5, 5.41) is 4.64. The number of nitrogens with zero attached hydrogens (tertiary/aromatic N) is 1. The van der Waals surface area contributed by atoms with Crippen LogP contribution in [0.4, 0.5) is 4.79 Å². The molecule has 6 nitrogen and oxygen atoms in total. The summed E-state index contributed by atoms with van der Waals surface area (Å²) in [5.74, 6) is -0.464. The number of amides is 3. The Balaban J connectivity index is 0.00000128. The highest BCUT2D eigenvalue weighted by molar-refractivity contribution is 6.07. The first-order valence-electron chi connectivity index (χ1n) is 4.44. The summed E-state index contributed by atoms with van der Waals surface area (Å²) in [4.78, 5) is 26.7. The number of imide groups is 1. The van der Waals surface area contributed by atoms with Crippen molar-refractivity contribution in [1.82, 2.24) is 15.6 Å². The van der Waals surface area contributed by atoms with E-state index in [4.69, 9.17) is 5.73 Å². The van der Waals surface area contributed by atoms with Gasteiger partial charge in [-0.05, 0) is 12.1 Å². The van der Waals surface area contributed by atoms with Gasteiger partial charge in [-0.15, -0.1) is 12.4 Å². The maximum atomic E-state index is 11.6. The van der Waals surface area contributed by atoms with Crippen LogP contribution in [0.3, 0.4) is 0 Å². The number of halogens is 1. The van der Waals surface area contributed by atoms with Gasteiger partial charge in [0.1, 0.15) is 0 Å². The van der Waals surface area contributed by atoms with E-state index in [1.165, 1.54) is 0 Å². The van der Waals surface area contributed by atoms with Crippen LogP contribution in [0.25, 0.3) is 0 Å². The highest BCUT2D eigenvalue weighted by atomic mass is 35.5. The van der Waals surface area contributed by atoms with Crippen molar-refractivity contribution in [2.75, 3.05) is 6.54 Å². The molecule has 0 aromatic carbocycles. The normalized spacial score (nSPS) is 23.3. The standard InChI is InChI=1S/C9H10N4O2.ClH/c10-5-9(6-3-1-2-4-11-6)7(14)12-8(15)13-9;/h1-4H,5,10H2,(H2,12,13,14,15);1H/t9-;/m1./s1. The number of aromatic nitrogens is 1. The van der Waals surface area contributed by atoms with Crippen molar-refractivity contribution in [3.8, 4) is 0 Å². The molecule has 16 heavy (non-hydrogen) atoms. The van der Waals surface area contributed by atoms with Gasteiger partial charge in [-0.25, -0.2) is 4.79 Å². The van der Waals surface area contributed by atoms with Gasteiger partial charge in [0.25, 0.3) is 5.91 Å². The van der Waals surface area contributed by atoms with E-state index in [9.17, 15) is 9.59 Å². The zero-order chi connectivity index (χ0) is 10.9. The maximum Gasteiger partial charge on any atom is 0.322 e. The van der Waals surface area contributed by atoms with Gasteiger partial charge in [0.2, 0.25) is 0 Å². The van der Waals surface area contributed by atoms with Crippen LogP contribution in [0, 0.1) is 0 Å². The van der Waals surface area contributed by atoms with Gasteiger partial charge in [0.15, 0.2) is 5.54 Å². The number of carbonyl (C=O) groups is 2. The number of hydrogen-bond donors (Lipinski definition) is 3. The molecule has 0 spiro atoms. The highest BCUT2D eigenvalue weighted by Gasteiger charge is 2.47. The Bertz CT molecular complexity index is 411. The second-order valence-electron chi connectivity index (χ2n) is 3.23. The molecule has 4 N–H and O–H groups in total. The SMILES string of the molecule is Cl.NC[C@]1(c2ccccn2)NC(=O)NC1=O. The molecule has 0 radical (unpaired) electrons. The fraction of sp³-hybridized carbons (Fsp3) is 0.222. The Morgan fingerprint density at radius 1 is 1.38 bits per heavy atom. The van der Waals surface area contributed by atoms with E-state index in [1.54, 1.807) is 24.4 Å².